The van der Waals surface area contributed by atoms with E-state index in [4.69, 9.17) is 10.00 Å². The normalized spacial score (nSPS) is 31.5. The molecule has 1 aliphatic carbocycles. The molecule has 7 nitrogen and oxygen atoms in total. The van der Waals surface area contributed by atoms with Crippen molar-refractivity contribution in [3.8, 4) is 6.07 Å². The highest BCUT2D eigenvalue weighted by molar-refractivity contribution is 6.03. The molecule has 3 heterocycles. The van der Waals surface area contributed by atoms with E-state index in [-0.39, 0.29) is 41.0 Å². The third-order valence-corrected chi connectivity index (χ3v) is 8.55. The molecule has 2 aromatic rings. The third kappa shape index (κ3) is 4.09. The predicted molar refractivity (Wildman–Crippen MR) is 133 cm³/mol. The molecule has 0 saturated carbocycles. The first-order valence-electron chi connectivity index (χ1n) is 12.6. The maximum Gasteiger partial charge on any atom is 0.291 e. The van der Waals surface area contributed by atoms with E-state index in [2.05, 4.69) is 55.1 Å². The maximum absolute atomic E-state index is 12.9. The summed E-state index contributed by atoms with van der Waals surface area (Å²) in [6.45, 7) is 8.72. The Morgan fingerprint density at radius 1 is 1.26 bits per heavy atom. The lowest BCUT2D eigenvalue weighted by Gasteiger charge is -2.47. The molecule has 4 atom stereocenters. The van der Waals surface area contributed by atoms with Gasteiger partial charge in [-0.25, -0.2) is 4.98 Å². The van der Waals surface area contributed by atoms with Gasteiger partial charge in [0, 0.05) is 23.1 Å². The molecule has 2 bridgehead atoms. The molecule has 35 heavy (non-hydrogen) atoms. The van der Waals surface area contributed by atoms with Gasteiger partial charge in [0.15, 0.2) is 5.82 Å². The van der Waals surface area contributed by atoms with Gasteiger partial charge in [0.2, 0.25) is 0 Å². The molecule has 3 N–H and O–H groups in total. The lowest BCUT2D eigenvalue weighted by molar-refractivity contribution is -0.194. The van der Waals surface area contributed by atoms with Gasteiger partial charge >= 0.3 is 0 Å². The minimum atomic E-state index is -1.00. The van der Waals surface area contributed by atoms with E-state index in [0.29, 0.717) is 5.69 Å². The molecule has 5 rings (SSSR count). The second-order valence-corrected chi connectivity index (χ2v) is 11.3. The number of amides is 1. The first-order chi connectivity index (χ1) is 16.6. The summed E-state index contributed by atoms with van der Waals surface area (Å²) >= 11 is 0. The summed E-state index contributed by atoms with van der Waals surface area (Å²) in [5.74, 6) is -0.369. The number of rotatable bonds is 4. The topological polar surface area (TPSA) is 111 Å². The number of hydrogen-bond donors (Lipinski definition) is 3. The molecule has 1 amide bonds. The lowest BCUT2D eigenvalue weighted by Crippen LogP contribution is -2.52. The Kier molecular flexibility index (Phi) is 5.85. The lowest BCUT2D eigenvalue weighted by atomic mass is 9.69. The molecule has 0 spiro atoms. The zero-order chi connectivity index (χ0) is 25.0. The van der Waals surface area contributed by atoms with Gasteiger partial charge in [-0.05, 0) is 60.8 Å². The molecular weight excluding hydrogens is 440 g/mol. The van der Waals surface area contributed by atoms with E-state index in [9.17, 15) is 9.90 Å². The molecule has 2 aliphatic heterocycles. The van der Waals surface area contributed by atoms with Crippen LogP contribution in [0.15, 0.2) is 30.5 Å². The second-order valence-electron chi connectivity index (χ2n) is 11.3. The minimum absolute atomic E-state index is 0.0312. The van der Waals surface area contributed by atoms with Crippen LogP contribution in [0.5, 0.6) is 0 Å². The van der Waals surface area contributed by atoms with Gasteiger partial charge in [0.1, 0.15) is 11.8 Å². The van der Waals surface area contributed by atoms with Crippen LogP contribution in [0, 0.1) is 28.6 Å². The van der Waals surface area contributed by atoms with Crippen molar-refractivity contribution >= 4 is 17.2 Å². The van der Waals surface area contributed by atoms with Gasteiger partial charge in [-0.2, -0.15) is 5.26 Å². The van der Waals surface area contributed by atoms with Crippen LogP contribution >= 0.6 is 0 Å². The van der Waals surface area contributed by atoms with Crippen LogP contribution in [0.25, 0.3) is 5.57 Å². The number of benzene rings is 1. The fourth-order valence-electron chi connectivity index (χ4n) is 6.10. The number of carbonyl (C=O) groups is 1. The highest BCUT2D eigenvalue weighted by Crippen LogP contribution is 2.52. The summed E-state index contributed by atoms with van der Waals surface area (Å²) in [6.07, 6.45) is 8.61. The van der Waals surface area contributed by atoms with Gasteiger partial charge in [-0.1, -0.05) is 39.8 Å². The number of H-pyrrole nitrogens is 1. The van der Waals surface area contributed by atoms with Gasteiger partial charge in [-0.3, -0.25) is 4.79 Å². The van der Waals surface area contributed by atoms with Crippen LogP contribution in [-0.2, 0) is 10.3 Å². The van der Waals surface area contributed by atoms with Crippen LogP contribution in [0.2, 0.25) is 0 Å². The van der Waals surface area contributed by atoms with E-state index in [1.807, 2.05) is 18.2 Å². The number of nitrogens with one attached hydrogen (secondary N) is 2. The van der Waals surface area contributed by atoms with Crippen molar-refractivity contribution in [1.82, 2.24) is 9.97 Å². The number of fused-ring (bicyclic) bond motifs is 2. The summed E-state index contributed by atoms with van der Waals surface area (Å²) in [6, 6.07) is 7.86. The van der Waals surface area contributed by atoms with Crippen molar-refractivity contribution < 1.29 is 14.6 Å². The van der Waals surface area contributed by atoms with Crippen molar-refractivity contribution in [1.29, 1.82) is 5.26 Å². The quantitative estimate of drug-likeness (QED) is 0.568. The first kappa shape index (κ1) is 23.8. The summed E-state index contributed by atoms with van der Waals surface area (Å²) in [4.78, 5) is 19.7. The van der Waals surface area contributed by atoms with Gasteiger partial charge in [0.05, 0.1) is 24.0 Å². The maximum atomic E-state index is 12.9. The zero-order valence-electron chi connectivity index (χ0n) is 20.9. The molecule has 2 unspecified atom stereocenters. The summed E-state index contributed by atoms with van der Waals surface area (Å²) < 4.78 is 6.18. The molecule has 2 saturated heterocycles. The number of allylic oxidation sites excluding steroid dienone is 2. The Morgan fingerprint density at radius 2 is 1.97 bits per heavy atom. The molecule has 1 aromatic heterocycles. The Labute approximate surface area is 206 Å². The molecule has 184 valence electrons. The number of carbonyl (C=O) groups excluding carboxylic acids is 1. The summed E-state index contributed by atoms with van der Waals surface area (Å²) in [5, 5.41) is 24.2. The third-order valence-electron chi connectivity index (χ3n) is 8.55. The van der Waals surface area contributed by atoms with Gasteiger partial charge in [-0.15, -0.1) is 0 Å². The van der Waals surface area contributed by atoms with E-state index in [0.717, 1.165) is 43.2 Å². The SMILES string of the molecule is C[C@H]1C2CCC(O2)[C@H](C)C1(O)c1ccc(NC(=O)c2ncc(C#N)[nH]2)c(C2=CCC(C)(C)CC2)c1. The van der Waals surface area contributed by atoms with Gasteiger partial charge < -0.3 is 20.1 Å². The highest BCUT2D eigenvalue weighted by atomic mass is 16.5. The monoisotopic (exact) mass is 474 g/mol. The number of imidazole rings is 1. The average Bonchev–Trinajstić information content (AvgIpc) is 3.51. The van der Waals surface area contributed by atoms with Crippen molar-refractivity contribution in [3.05, 3.63) is 53.1 Å². The first-order valence-corrected chi connectivity index (χ1v) is 12.6. The summed E-state index contributed by atoms with van der Waals surface area (Å²) in [5.41, 5.74) is 3.15. The Bertz CT molecular complexity index is 1210. The van der Waals surface area contributed by atoms with Crippen molar-refractivity contribution in [2.24, 2.45) is 17.3 Å². The smallest absolute Gasteiger partial charge is 0.291 e. The van der Waals surface area contributed by atoms with E-state index >= 15 is 0 Å². The second kappa shape index (κ2) is 8.61. The number of aliphatic hydroxyl groups is 1. The van der Waals surface area contributed by atoms with Crippen LogP contribution in [0.1, 0.15) is 87.2 Å². The number of anilines is 1. The predicted octanol–water partition coefficient (Wildman–Crippen LogP) is 5.15. The number of aromatic nitrogens is 2. The fourth-order valence-corrected chi connectivity index (χ4v) is 6.10. The summed E-state index contributed by atoms with van der Waals surface area (Å²) in [7, 11) is 0. The Morgan fingerprint density at radius 3 is 2.57 bits per heavy atom. The number of aromatic amines is 1. The molecular formula is C28H34N4O3. The highest BCUT2D eigenvalue weighted by Gasteiger charge is 2.55. The number of ether oxygens (including phenoxy) is 1. The molecule has 3 aliphatic rings. The average molecular weight is 475 g/mol. The Hall–Kier alpha value is -2.95. The van der Waals surface area contributed by atoms with Crippen LogP contribution < -0.4 is 5.32 Å². The standard InChI is InChI=1S/C28H34N4O3/c1-16-23-7-8-24(35-23)17(2)28(16,34)19-5-6-22(32-26(33)25-30-15-20(14-29)31-25)21(13-19)18-9-11-27(3,4)12-10-18/h5-6,9,13,15-17,23-24,34H,7-8,10-12H2,1-4H3,(H,30,31)(H,32,33)/t16-,17-,23?,24?,28?/m0/s1. The number of hydrogen-bond acceptors (Lipinski definition) is 5. The van der Waals surface area contributed by atoms with Crippen LogP contribution in [0.3, 0.4) is 0 Å². The van der Waals surface area contributed by atoms with Crippen molar-refractivity contribution in [3.63, 3.8) is 0 Å². The molecule has 7 heteroatoms. The van der Waals surface area contributed by atoms with Crippen LogP contribution in [-0.4, -0.2) is 33.2 Å². The molecule has 2 fully saturated rings. The minimum Gasteiger partial charge on any atom is -0.384 e. The van der Waals surface area contributed by atoms with Gasteiger partial charge in [0.25, 0.3) is 5.91 Å². The largest absolute Gasteiger partial charge is 0.384 e. The number of nitrogens with zero attached hydrogens (tertiary/aromatic N) is 2. The fraction of sp³-hybridized carbons (Fsp3) is 0.536. The Balaban J connectivity index is 1.54. The van der Waals surface area contributed by atoms with Crippen molar-refractivity contribution in [2.75, 3.05) is 5.32 Å². The van der Waals surface area contributed by atoms with Crippen LogP contribution in [0.4, 0.5) is 5.69 Å². The van der Waals surface area contributed by atoms with E-state index < -0.39 is 11.5 Å². The number of nitriles is 1. The van der Waals surface area contributed by atoms with E-state index in [1.54, 1.807) is 0 Å². The molecule has 0 radical (unpaired) electrons. The zero-order valence-corrected chi connectivity index (χ0v) is 20.9. The van der Waals surface area contributed by atoms with E-state index in [1.165, 1.54) is 11.8 Å². The van der Waals surface area contributed by atoms with Crippen molar-refractivity contribution in [2.45, 2.75) is 77.6 Å². The molecule has 1 aromatic carbocycles.